The second-order valence-corrected chi connectivity index (χ2v) is 14.9. The monoisotopic (exact) mass is 832 g/mol. The Kier molecular flexibility index (Phi) is 14.2. The zero-order chi connectivity index (χ0) is 39.0. The Balaban J connectivity index is 1.99. The minimum Gasteiger partial charge on any atom is -0.735 e. The molecule has 0 spiro atoms. The number of ether oxygens (including phenoxy) is 5. The number of nitrogens with one attached hydrogen (secondary N) is 1. The van der Waals surface area contributed by atoms with Crippen LogP contribution in [0.25, 0.3) is 0 Å². The lowest BCUT2D eigenvalue weighted by atomic mass is 9.95. The third kappa shape index (κ3) is 12.3. The lowest BCUT2D eigenvalue weighted by Crippen LogP contribution is -2.79. The van der Waals surface area contributed by atoms with E-state index in [0.717, 1.165) is 0 Å². The molecule has 0 radical (unpaired) electrons. The van der Waals surface area contributed by atoms with Crippen LogP contribution in [0.4, 0.5) is 0 Å². The molecule has 29 nitrogen and oxygen atoms in total. The average molecular weight is 833 g/mol. The first-order valence-electron chi connectivity index (χ1n) is 13.4. The molecule has 9 N–H and O–H groups in total. The predicted molar refractivity (Wildman–Crippen MR) is 136 cm³/mol. The Bertz CT molecular complexity index is 1660. The Morgan fingerprint density at radius 2 is 1.20 bits per heavy atom. The molecule has 0 unspecified atom stereocenters. The molecule has 3 rings (SSSR count). The van der Waals surface area contributed by atoms with E-state index < -0.39 is 153 Å². The van der Waals surface area contributed by atoms with Gasteiger partial charge >= 0.3 is 0 Å². The average Bonchev–Trinajstić information content (AvgIpc) is 2.96. The maximum Gasteiger partial charge on any atom is 0.218 e. The van der Waals surface area contributed by atoms with Crippen LogP contribution in [0.15, 0.2) is 0 Å². The molecule has 0 amide bonds. The summed E-state index contributed by atoms with van der Waals surface area (Å²) >= 11 is 0. The maximum absolute atomic E-state index is 12.1. The molecule has 3 aliphatic rings. The van der Waals surface area contributed by atoms with E-state index in [9.17, 15) is 87.3 Å². The fourth-order valence-electron chi connectivity index (χ4n) is 4.92. The van der Waals surface area contributed by atoms with Crippen molar-refractivity contribution in [2.45, 2.75) is 92.0 Å². The van der Waals surface area contributed by atoms with Gasteiger partial charge in [0.2, 0.25) is 37.5 Å². The third-order valence-corrected chi connectivity index (χ3v) is 8.99. The molecule has 0 bridgehead atoms. The van der Waals surface area contributed by atoms with Crippen molar-refractivity contribution in [1.29, 1.82) is 0 Å². The van der Waals surface area contributed by atoms with Crippen LogP contribution >= 0.6 is 0 Å². The molecule has 0 saturated carbocycles. The quantitative estimate of drug-likeness (QED) is 0.0595. The van der Waals surface area contributed by atoms with E-state index in [4.69, 9.17) is 23.7 Å². The normalized spacial score (nSPS) is 40.2. The largest absolute Gasteiger partial charge is 0.735 e. The first kappa shape index (κ1) is 43.9. The summed E-state index contributed by atoms with van der Waals surface area (Å²) < 4.78 is 173. The summed E-state index contributed by atoms with van der Waals surface area (Å²) in [5.74, 6) is -2.37. The SMILES string of the molecule is [NH3+][C@H]1[C@@H](O[C@H]2[C@H](O)[C@@H](OS(=O)(=O)[O-])[C@H](O[C@H]3[C@H](O)[C@@H](NS(=O)(=O)[O-])[C@@H](O)O[C@@H]3COS(=O)(=O)[O-])O[C@H]2C(=O)[O-])O[C@H](COS(=O)(=O)[O-])[C@@H](O)[C@@H]1O. The number of carboxylic acid groups (broad SMARTS) is 1. The van der Waals surface area contributed by atoms with Crippen LogP contribution in [0.2, 0.25) is 0 Å². The van der Waals surface area contributed by atoms with E-state index in [1.807, 2.05) is 0 Å². The topological polar surface area (TPSA) is 484 Å². The number of aliphatic hydroxyl groups excluding tert-OH is 5. The van der Waals surface area contributed by atoms with Crippen LogP contribution in [0.3, 0.4) is 0 Å². The summed E-state index contributed by atoms with van der Waals surface area (Å²) in [7, 11) is -22.6. The minimum atomic E-state index is -6.00. The molecule has 33 heteroatoms. The van der Waals surface area contributed by atoms with Crippen LogP contribution in [0, 0.1) is 0 Å². The molecule has 0 aromatic carbocycles. The number of hydrogen-bond donors (Lipinski definition) is 7. The Morgan fingerprint density at radius 1 is 0.667 bits per heavy atom. The standard InChI is InChI=1S/C18H32N2O27S4/c19-5-8(22)7(21)3(1-40-49(31,32)33)43-17(5)45-12-10(24)13(47-51(37,38)39)18(46-14(12)15(25)26)44-11-4(2-41-50(34,35)36)42-16(27)6(9(11)23)20-48(28,29)30/h3-14,16-18,20-24,27H,1-2,19H2,(H,25,26)(H,28,29,30)(H,31,32,33)(H,34,35,36)(H,37,38,39)/p-4/t3-,4-,5-,6-,7-,8-,9-,10+,11-,12+,13-,14-,16+,17-,18-/m1/s1. The first-order chi connectivity index (χ1) is 23.1. The molecule has 3 saturated heterocycles. The Hall–Kier alpha value is -1.49. The van der Waals surface area contributed by atoms with Crippen molar-refractivity contribution in [2.24, 2.45) is 0 Å². The number of quaternary nitrogens is 1. The predicted octanol–water partition coefficient (Wildman–Crippen LogP) is -12.1. The molecule has 15 atom stereocenters. The van der Waals surface area contributed by atoms with Gasteiger partial charge in [-0.1, -0.05) is 0 Å². The second kappa shape index (κ2) is 16.5. The van der Waals surface area contributed by atoms with Crippen LogP contribution in [-0.2, 0) is 82.5 Å². The molecule has 0 aromatic rings. The highest BCUT2D eigenvalue weighted by molar-refractivity contribution is 7.83. The fourth-order valence-corrected chi connectivity index (χ4v) is 6.58. The van der Waals surface area contributed by atoms with Gasteiger partial charge in [-0.2, -0.15) is 0 Å². The minimum absolute atomic E-state index is 1.17. The van der Waals surface area contributed by atoms with Gasteiger partial charge in [0.05, 0.1) is 19.2 Å². The van der Waals surface area contributed by atoms with Crippen molar-refractivity contribution in [3.63, 3.8) is 0 Å². The van der Waals surface area contributed by atoms with Gasteiger partial charge in [-0.3, -0.25) is 12.5 Å². The van der Waals surface area contributed by atoms with Gasteiger partial charge in [-0.05, 0) is 0 Å². The molecule has 0 aromatic heterocycles. The van der Waals surface area contributed by atoms with Crippen LogP contribution in [0.5, 0.6) is 0 Å². The van der Waals surface area contributed by atoms with Crippen molar-refractivity contribution in [3.05, 3.63) is 0 Å². The van der Waals surface area contributed by atoms with E-state index >= 15 is 0 Å². The summed E-state index contributed by atoms with van der Waals surface area (Å²) in [5.41, 5.74) is 3.40. The molecular formula is C18H28N2O27S4-4. The fraction of sp³-hybridized carbons (Fsp3) is 0.944. The van der Waals surface area contributed by atoms with Crippen molar-refractivity contribution < 1.29 is 129 Å². The van der Waals surface area contributed by atoms with E-state index in [2.05, 4.69) is 18.3 Å². The van der Waals surface area contributed by atoms with Crippen molar-refractivity contribution in [2.75, 3.05) is 13.2 Å². The van der Waals surface area contributed by atoms with Gasteiger partial charge in [-0.25, -0.2) is 38.4 Å². The van der Waals surface area contributed by atoms with E-state index in [-0.39, 0.29) is 0 Å². The molecule has 0 aliphatic carbocycles. The number of aliphatic hydroxyl groups is 5. The van der Waals surface area contributed by atoms with E-state index in [0.29, 0.717) is 0 Å². The lowest BCUT2D eigenvalue weighted by Gasteiger charge is -2.49. The Labute approximate surface area is 286 Å². The van der Waals surface area contributed by atoms with E-state index in [1.54, 1.807) is 0 Å². The number of hydrogen-bond acceptors (Lipinski definition) is 27. The molecule has 3 aliphatic heterocycles. The third-order valence-electron chi connectivity index (χ3n) is 7.12. The van der Waals surface area contributed by atoms with Gasteiger partial charge in [0.15, 0.2) is 35.0 Å². The maximum atomic E-state index is 12.1. The highest BCUT2D eigenvalue weighted by atomic mass is 32.3. The smallest absolute Gasteiger partial charge is 0.218 e. The highest BCUT2D eigenvalue weighted by Gasteiger charge is 2.56. The van der Waals surface area contributed by atoms with Gasteiger partial charge in [0.25, 0.3) is 0 Å². The first-order valence-corrected chi connectivity index (χ1v) is 18.8. The van der Waals surface area contributed by atoms with Crippen LogP contribution in [0.1, 0.15) is 0 Å². The summed E-state index contributed by atoms with van der Waals surface area (Å²) in [5, 5.41) is 64.6. The summed E-state index contributed by atoms with van der Waals surface area (Å²) in [6.45, 7) is -2.78. The second-order valence-electron chi connectivity index (χ2n) is 10.6. The number of carboxylic acids is 1. The van der Waals surface area contributed by atoms with Gasteiger partial charge in [-0.15, -0.1) is 0 Å². The highest BCUT2D eigenvalue weighted by Crippen LogP contribution is 2.34. The summed E-state index contributed by atoms with van der Waals surface area (Å²) in [6.07, 6.45) is -31.7. The van der Waals surface area contributed by atoms with Gasteiger partial charge < -0.3 is 83.1 Å². The summed E-state index contributed by atoms with van der Waals surface area (Å²) in [4.78, 5) is 12.1. The molecular weight excluding hydrogens is 804 g/mol. The molecule has 300 valence electrons. The summed E-state index contributed by atoms with van der Waals surface area (Å²) in [6, 6.07) is -4.11. The number of rotatable bonds is 15. The Morgan fingerprint density at radius 3 is 1.69 bits per heavy atom. The zero-order valence-corrected chi connectivity index (χ0v) is 27.9. The van der Waals surface area contributed by atoms with Crippen LogP contribution in [-0.4, -0.2) is 189 Å². The van der Waals surface area contributed by atoms with Crippen molar-refractivity contribution >= 4 is 47.5 Å². The molecule has 3 heterocycles. The number of carbonyl (C=O) groups is 1. The van der Waals surface area contributed by atoms with Crippen molar-refractivity contribution in [3.8, 4) is 0 Å². The molecule has 3 fully saturated rings. The van der Waals surface area contributed by atoms with Gasteiger partial charge in [0, 0.05) is 0 Å². The number of aliphatic carboxylic acids is 1. The van der Waals surface area contributed by atoms with Gasteiger partial charge in [0.1, 0.15) is 61.0 Å². The number of carbonyl (C=O) groups excluding carboxylic acids is 1. The van der Waals surface area contributed by atoms with E-state index in [1.165, 1.54) is 4.72 Å². The molecule has 51 heavy (non-hydrogen) atoms. The van der Waals surface area contributed by atoms with Crippen LogP contribution < -0.4 is 15.6 Å². The lowest BCUT2D eigenvalue weighted by molar-refractivity contribution is -0.507. The zero-order valence-electron chi connectivity index (χ0n) is 24.6. The van der Waals surface area contributed by atoms with Crippen molar-refractivity contribution in [1.82, 2.24) is 4.72 Å².